The average molecular weight is 275 g/mol. The Kier molecular flexibility index (Phi) is 3.32. The Balaban J connectivity index is 2.77. The van der Waals surface area contributed by atoms with E-state index in [1.807, 2.05) is 0 Å². The van der Waals surface area contributed by atoms with Crippen LogP contribution in [0.15, 0.2) is 6.07 Å². The summed E-state index contributed by atoms with van der Waals surface area (Å²) >= 11 is 1.28. The number of benzene rings is 1. The largest absolute Gasteiger partial charge is 0.462 e. The van der Waals surface area contributed by atoms with Crippen LogP contribution in [0.4, 0.5) is 10.7 Å². The fraction of sp³-hybridized carbons (Fsp3) is 0.231. The molecule has 6 heteroatoms. The van der Waals surface area contributed by atoms with E-state index in [1.165, 1.54) is 11.3 Å². The zero-order valence-electron chi connectivity index (χ0n) is 10.6. The van der Waals surface area contributed by atoms with E-state index < -0.39 is 5.97 Å². The van der Waals surface area contributed by atoms with E-state index in [4.69, 9.17) is 21.5 Å². The minimum atomic E-state index is -0.454. The van der Waals surface area contributed by atoms with Gasteiger partial charge in [-0.3, -0.25) is 0 Å². The van der Waals surface area contributed by atoms with Crippen LogP contribution in [-0.2, 0) is 4.74 Å². The van der Waals surface area contributed by atoms with Crippen molar-refractivity contribution in [2.24, 2.45) is 0 Å². The molecular weight excluding hydrogens is 262 g/mol. The fourth-order valence-corrected chi connectivity index (χ4v) is 3.03. The number of fused-ring (bicyclic) bond motifs is 1. The van der Waals surface area contributed by atoms with Gasteiger partial charge in [0.25, 0.3) is 0 Å². The minimum Gasteiger partial charge on any atom is -0.462 e. The highest BCUT2D eigenvalue weighted by Crippen LogP contribution is 2.38. The summed E-state index contributed by atoms with van der Waals surface area (Å²) in [5.41, 5.74) is 13.5. The lowest BCUT2D eigenvalue weighted by Gasteiger charge is -2.09. The second kappa shape index (κ2) is 4.78. The van der Waals surface area contributed by atoms with Gasteiger partial charge in [0.05, 0.1) is 17.7 Å². The van der Waals surface area contributed by atoms with Gasteiger partial charge < -0.3 is 16.2 Å². The number of anilines is 2. The number of carbonyl (C=O) groups excluding carboxylic acids is 1. The molecule has 0 aliphatic heterocycles. The van der Waals surface area contributed by atoms with Gasteiger partial charge in [-0.25, -0.2) is 4.79 Å². The van der Waals surface area contributed by atoms with Gasteiger partial charge in [0.15, 0.2) is 0 Å². The standard InChI is InChI=1S/C13H13N3O2S/c1-3-18-13(17)10-6(2)11-7(4-9(10)15)8(5-14)12(16)19-11/h4H,3,15-16H2,1-2H3. The zero-order chi connectivity index (χ0) is 14.2. The molecule has 0 bridgehead atoms. The normalized spacial score (nSPS) is 10.4. The molecule has 0 atom stereocenters. The van der Waals surface area contributed by atoms with Crippen molar-refractivity contribution < 1.29 is 9.53 Å². The molecule has 1 heterocycles. The number of rotatable bonds is 2. The number of nitrogens with two attached hydrogens (primary N) is 2. The number of nitrogen functional groups attached to an aromatic ring is 2. The molecule has 0 saturated heterocycles. The monoisotopic (exact) mass is 275 g/mol. The van der Waals surface area contributed by atoms with Crippen LogP contribution in [0.3, 0.4) is 0 Å². The summed E-state index contributed by atoms with van der Waals surface area (Å²) < 4.78 is 5.79. The first-order valence-electron chi connectivity index (χ1n) is 5.69. The topological polar surface area (TPSA) is 102 Å². The highest BCUT2D eigenvalue weighted by molar-refractivity contribution is 7.23. The van der Waals surface area contributed by atoms with E-state index in [0.717, 1.165) is 4.70 Å². The van der Waals surface area contributed by atoms with Gasteiger partial charge in [0.1, 0.15) is 11.1 Å². The van der Waals surface area contributed by atoms with Gasteiger partial charge in [0.2, 0.25) is 0 Å². The molecule has 2 aromatic rings. The molecule has 0 saturated carbocycles. The first kappa shape index (κ1) is 13.2. The number of hydrogen-bond acceptors (Lipinski definition) is 6. The molecule has 0 spiro atoms. The maximum absolute atomic E-state index is 11.9. The minimum absolute atomic E-state index is 0.284. The van der Waals surface area contributed by atoms with E-state index >= 15 is 0 Å². The van der Waals surface area contributed by atoms with Crippen LogP contribution in [0.5, 0.6) is 0 Å². The molecule has 4 N–H and O–H groups in total. The number of ether oxygens (including phenoxy) is 1. The van der Waals surface area contributed by atoms with E-state index in [9.17, 15) is 4.79 Å². The molecule has 0 aliphatic rings. The van der Waals surface area contributed by atoms with Gasteiger partial charge in [-0.1, -0.05) is 0 Å². The number of thiophene rings is 1. The van der Waals surface area contributed by atoms with Crippen LogP contribution in [0.25, 0.3) is 10.1 Å². The van der Waals surface area contributed by atoms with Crippen LogP contribution >= 0.6 is 11.3 Å². The summed E-state index contributed by atoms with van der Waals surface area (Å²) in [6.45, 7) is 3.80. The van der Waals surface area contributed by atoms with Gasteiger partial charge >= 0.3 is 5.97 Å². The van der Waals surface area contributed by atoms with Crippen molar-refractivity contribution in [2.45, 2.75) is 13.8 Å². The first-order valence-corrected chi connectivity index (χ1v) is 6.51. The molecule has 1 aromatic carbocycles. The maximum atomic E-state index is 11.9. The molecule has 0 fully saturated rings. The predicted molar refractivity (Wildman–Crippen MR) is 76.1 cm³/mol. The summed E-state index contributed by atoms with van der Waals surface area (Å²) in [4.78, 5) is 11.9. The number of nitriles is 1. The van der Waals surface area contributed by atoms with E-state index in [1.54, 1.807) is 19.9 Å². The van der Waals surface area contributed by atoms with E-state index in [2.05, 4.69) is 6.07 Å². The van der Waals surface area contributed by atoms with Gasteiger partial charge in [0, 0.05) is 15.8 Å². The van der Waals surface area contributed by atoms with Crippen LogP contribution in [0.2, 0.25) is 0 Å². The zero-order valence-corrected chi connectivity index (χ0v) is 11.4. The Bertz CT molecular complexity index is 713. The third-order valence-electron chi connectivity index (χ3n) is 2.87. The first-order chi connectivity index (χ1) is 9.01. The smallest absolute Gasteiger partial charge is 0.340 e. The SMILES string of the molecule is CCOC(=O)c1c(N)cc2c(C#N)c(N)sc2c1C. The average Bonchev–Trinajstić information content (AvgIpc) is 2.65. The molecule has 98 valence electrons. The highest BCUT2D eigenvalue weighted by atomic mass is 32.1. The second-order valence-corrected chi connectivity index (χ2v) is 5.07. The second-order valence-electron chi connectivity index (χ2n) is 4.02. The third-order valence-corrected chi connectivity index (χ3v) is 4.02. The number of esters is 1. The van der Waals surface area contributed by atoms with Crippen molar-refractivity contribution in [3.8, 4) is 6.07 Å². The van der Waals surface area contributed by atoms with Gasteiger partial charge in [-0.15, -0.1) is 11.3 Å². The molecule has 0 radical (unpaired) electrons. The number of hydrogen-bond donors (Lipinski definition) is 2. The molecule has 1 aromatic heterocycles. The summed E-state index contributed by atoms with van der Waals surface area (Å²) in [7, 11) is 0. The molecule has 19 heavy (non-hydrogen) atoms. The summed E-state index contributed by atoms with van der Waals surface area (Å²) in [5.74, 6) is -0.454. The molecule has 2 rings (SSSR count). The maximum Gasteiger partial charge on any atom is 0.340 e. The predicted octanol–water partition coefficient (Wildman–Crippen LogP) is 2.42. The van der Waals surface area contributed by atoms with Crippen LogP contribution < -0.4 is 11.5 Å². The van der Waals surface area contributed by atoms with Crippen LogP contribution in [-0.4, -0.2) is 12.6 Å². The van der Waals surface area contributed by atoms with Crippen molar-refractivity contribution in [1.29, 1.82) is 5.26 Å². The molecule has 0 unspecified atom stereocenters. The Morgan fingerprint density at radius 1 is 1.53 bits per heavy atom. The quantitative estimate of drug-likeness (QED) is 0.647. The van der Waals surface area contributed by atoms with E-state index in [-0.39, 0.29) is 6.61 Å². The van der Waals surface area contributed by atoms with Crippen molar-refractivity contribution in [3.05, 3.63) is 22.8 Å². The lowest BCUT2D eigenvalue weighted by atomic mass is 10.0. The van der Waals surface area contributed by atoms with Crippen molar-refractivity contribution >= 4 is 38.1 Å². The van der Waals surface area contributed by atoms with Crippen molar-refractivity contribution in [1.82, 2.24) is 0 Å². The Hall–Kier alpha value is -2.26. The van der Waals surface area contributed by atoms with Crippen LogP contribution in [0, 0.1) is 18.3 Å². The molecule has 0 aliphatic carbocycles. The number of aryl methyl sites for hydroxylation is 1. The van der Waals surface area contributed by atoms with Gasteiger partial charge in [-0.05, 0) is 25.5 Å². The summed E-state index contributed by atoms with van der Waals surface area (Å²) in [5, 5.41) is 10.2. The molecule has 5 nitrogen and oxygen atoms in total. The number of carbonyl (C=O) groups is 1. The third kappa shape index (κ3) is 1.98. The number of nitrogens with zero attached hydrogens (tertiary/aromatic N) is 1. The highest BCUT2D eigenvalue weighted by Gasteiger charge is 2.20. The van der Waals surface area contributed by atoms with E-state index in [0.29, 0.717) is 32.8 Å². The Morgan fingerprint density at radius 2 is 2.21 bits per heavy atom. The lowest BCUT2D eigenvalue weighted by Crippen LogP contribution is -2.10. The Morgan fingerprint density at radius 3 is 2.79 bits per heavy atom. The fourth-order valence-electron chi connectivity index (χ4n) is 2.03. The van der Waals surface area contributed by atoms with Gasteiger partial charge in [-0.2, -0.15) is 5.26 Å². The summed E-state index contributed by atoms with van der Waals surface area (Å²) in [6, 6.07) is 3.67. The van der Waals surface area contributed by atoms with Crippen LogP contribution in [0.1, 0.15) is 28.4 Å². The molecular formula is C13H13N3O2S. The lowest BCUT2D eigenvalue weighted by molar-refractivity contribution is 0.0527. The Labute approximate surface area is 114 Å². The summed E-state index contributed by atoms with van der Waals surface area (Å²) in [6.07, 6.45) is 0. The van der Waals surface area contributed by atoms with Crippen molar-refractivity contribution in [3.63, 3.8) is 0 Å². The van der Waals surface area contributed by atoms with Crippen molar-refractivity contribution in [2.75, 3.05) is 18.1 Å². The molecule has 0 amide bonds.